The fourth-order valence-electron chi connectivity index (χ4n) is 6.07. The molecule has 10 nitrogen and oxygen atoms in total. The van der Waals surface area contributed by atoms with Gasteiger partial charge in [-0.25, -0.2) is 17.5 Å². The number of alkyl halides is 3. The van der Waals surface area contributed by atoms with Crippen LogP contribution in [-0.2, 0) is 26.0 Å². The average molecular weight is 665 g/mol. The highest BCUT2D eigenvalue weighted by Crippen LogP contribution is 2.50. The molecule has 0 aromatic heterocycles. The van der Waals surface area contributed by atoms with Gasteiger partial charge in [-0.3, -0.25) is 14.7 Å². The van der Waals surface area contributed by atoms with E-state index in [2.05, 4.69) is 15.0 Å². The SMILES string of the molecule is Cc1cc(N(C)C(=O)OC(C)(C)C)cc(C)c1CC1(S(=O)(=O)N2CCC3(CC2)N=C(c2cccc(OC(F)(F)F)c2)NC3=O)CC1. The van der Waals surface area contributed by atoms with E-state index >= 15 is 0 Å². The predicted octanol–water partition coefficient (Wildman–Crippen LogP) is 5.39. The largest absolute Gasteiger partial charge is 0.573 e. The van der Waals surface area contributed by atoms with Crippen molar-refractivity contribution in [1.82, 2.24) is 9.62 Å². The third kappa shape index (κ3) is 6.73. The molecule has 14 heteroatoms. The number of sulfonamides is 1. The smallest absolute Gasteiger partial charge is 0.443 e. The van der Waals surface area contributed by atoms with Gasteiger partial charge in [-0.1, -0.05) is 12.1 Å². The number of nitrogens with zero attached hydrogens (tertiary/aromatic N) is 3. The normalized spacial score (nSPS) is 19.4. The Morgan fingerprint density at radius 2 is 1.65 bits per heavy atom. The number of nitrogens with one attached hydrogen (secondary N) is 1. The van der Waals surface area contributed by atoms with E-state index in [9.17, 15) is 31.2 Å². The van der Waals surface area contributed by atoms with Gasteiger partial charge in [-0.05, 0) is 108 Å². The van der Waals surface area contributed by atoms with Crippen LogP contribution in [0, 0.1) is 13.8 Å². The zero-order valence-electron chi connectivity index (χ0n) is 26.7. The second-order valence-electron chi connectivity index (χ2n) is 13.4. The Kier molecular flexibility index (Phi) is 8.46. The van der Waals surface area contributed by atoms with Crippen molar-refractivity contribution in [2.24, 2.45) is 4.99 Å². The van der Waals surface area contributed by atoms with Gasteiger partial charge >= 0.3 is 12.5 Å². The second-order valence-corrected chi connectivity index (χ2v) is 15.7. The molecule has 250 valence electrons. The Morgan fingerprint density at radius 3 is 2.20 bits per heavy atom. The van der Waals surface area contributed by atoms with E-state index in [-0.39, 0.29) is 37.3 Å². The Bertz CT molecular complexity index is 1660. The van der Waals surface area contributed by atoms with E-state index in [1.54, 1.807) is 27.8 Å². The summed E-state index contributed by atoms with van der Waals surface area (Å²) in [6, 6.07) is 8.91. The topological polar surface area (TPSA) is 118 Å². The minimum Gasteiger partial charge on any atom is -0.443 e. The number of amidine groups is 1. The lowest BCUT2D eigenvalue weighted by molar-refractivity contribution is -0.274. The lowest BCUT2D eigenvalue weighted by Gasteiger charge is -2.37. The van der Waals surface area contributed by atoms with Gasteiger partial charge in [-0.15, -0.1) is 13.2 Å². The molecule has 46 heavy (non-hydrogen) atoms. The highest BCUT2D eigenvalue weighted by atomic mass is 32.2. The first kappa shape index (κ1) is 33.7. The quantitative estimate of drug-likeness (QED) is 0.425. The van der Waals surface area contributed by atoms with Gasteiger partial charge in [0.25, 0.3) is 5.91 Å². The number of amides is 2. The lowest BCUT2D eigenvalue weighted by Crippen LogP contribution is -2.52. The van der Waals surface area contributed by atoms with Crippen LogP contribution in [0.4, 0.5) is 23.7 Å². The molecule has 1 saturated carbocycles. The standard InChI is InChI=1S/C32H39F3N4O6S/c1-20-16-23(38(6)28(41)45-29(3,4)5)17-21(2)25(20)19-30(10-11-30)46(42,43)39-14-12-31(13-15-39)27(40)36-26(37-31)22-8-7-9-24(18-22)44-32(33,34)35/h7-9,16-18H,10-15,19H2,1-6H3,(H,36,37,40). The number of benzene rings is 2. The molecule has 2 aromatic carbocycles. The van der Waals surface area contributed by atoms with Gasteiger partial charge in [0.15, 0.2) is 0 Å². The molecule has 2 aliphatic heterocycles. The van der Waals surface area contributed by atoms with Crippen molar-refractivity contribution in [2.75, 3.05) is 25.0 Å². The fraction of sp³-hybridized carbons (Fsp3) is 0.531. The first-order valence-corrected chi connectivity index (χ1v) is 16.5. The van der Waals surface area contributed by atoms with Gasteiger partial charge in [0.2, 0.25) is 10.0 Å². The molecule has 1 saturated heterocycles. The molecule has 2 aromatic rings. The molecule has 5 rings (SSSR count). The van der Waals surface area contributed by atoms with Crippen LogP contribution in [-0.4, -0.2) is 72.9 Å². The monoisotopic (exact) mass is 664 g/mol. The van der Waals surface area contributed by atoms with Crippen molar-refractivity contribution < 1.29 is 40.7 Å². The molecular formula is C32H39F3N4O6S. The Hall–Kier alpha value is -3.65. The van der Waals surface area contributed by atoms with E-state index in [4.69, 9.17) is 4.74 Å². The van der Waals surface area contributed by atoms with E-state index in [1.807, 2.05) is 26.0 Å². The number of piperidine rings is 1. The van der Waals surface area contributed by atoms with Crippen LogP contribution >= 0.6 is 0 Å². The predicted molar refractivity (Wildman–Crippen MR) is 166 cm³/mol. The second kappa shape index (κ2) is 11.5. The number of halogens is 3. The van der Waals surface area contributed by atoms with E-state index in [1.165, 1.54) is 21.3 Å². The van der Waals surface area contributed by atoms with E-state index < -0.39 is 50.0 Å². The number of hydrogen-bond acceptors (Lipinski definition) is 7. The number of aliphatic imine (C=N–C) groups is 1. The molecule has 3 aliphatic rings. The molecule has 0 atom stereocenters. The molecule has 0 bridgehead atoms. The summed E-state index contributed by atoms with van der Waals surface area (Å²) in [5, 5.41) is 2.67. The number of aryl methyl sites for hydroxylation is 2. The third-order valence-electron chi connectivity index (χ3n) is 8.80. The van der Waals surface area contributed by atoms with Crippen LogP contribution in [0.25, 0.3) is 0 Å². The van der Waals surface area contributed by atoms with Crippen molar-refractivity contribution in [1.29, 1.82) is 0 Å². The minimum atomic E-state index is -4.86. The summed E-state index contributed by atoms with van der Waals surface area (Å²) in [7, 11) is -2.12. The highest BCUT2D eigenvalue weighted by Gasteiger charge is 2.58. The molecule has 2 amide bonds. The van der Waals surface area contributed by atoms with Crippen LogP contribution < -0.4 is 15.0 Å². The highest BCUT2D eigenvalue weighted by molar-refractivity contribution is 7.90. The first-order chi connectivity index (χ1) is 21.2. The summed E-state index contributed by atoms with van der Waals surface area (Å²) in [5.41, 5.74) is 1.72. The van der Waals surface area contributed by atoms with Gasteiger partial charge in [-0.2, -0.15) is 0 Å². The van der Waals surface area contributed by atoms with Crippen LogP contribution in [0.2, 0.25) is 0 Å². The van der Waals surface area contributed by atoms with Crippen LogP contribution in [0.5, 0.6) is 5.75 Å². The molecule has 1 spiro atoms. The van der Waals surface area contributed by atoms with Crippen molar-refractivity contribution in [3.05, 3.63) is 58.7 Å². The molecule has 1 N–H and O–H groups in total. The van der Waals surface area contributed by atoms with Gasteiger partial charge in [0.1, 0.15) is 22.7 Å². The number of rotatable bonds is 7. The summed E-state index contributed by atoms with van der Waals surface area (Å²) in [6.07, 6.45) is -3.73. The van der Waals surface area contributed by atoms with Gasteiger partial charge in [0.05, 0.1) is 4.75 Å². The molecule has 1 aliphatic carbocycles. The zero-order valence-corrected chi connectivity index (χ0v) is 27.6. The molecule has 0 radical (unpaired) electrons. The maximum atomic E-state index is 14.0. The number of carbonyl (C=O) groups excluding carboxylic acids is 2. The molecule has 2 fully saturated rings. The third-order valence-corrected chi connectivity index (χ3v) is 11.5. The Balaban J connectivity index is 1.29. The maximum absolute atomic E-state index is 14.0. The molecule has 0 unspecified atom stereocenters. The fourth-order valence-corrected chi connectivity index (χ4v) is 8.23. The summed E-state index contributed by atoms with van der Waals surface area (Å²) >= 11 is 0. The summed E-state index contributed by atoms with van der Waals surface area (Å²) in [5.74, 6) is -0.724. The van der Waals surface area contributed by atoms with E-state index in [0.717, 1.165) is 28.8 Å². The lowest BCUT2D eigenvalue weighted by atomic mass is 9.89. The molecule has 2 heterocycles. The van der Waals surface area contributed by atoms with Gasteiger partial charge in [0, 0.05) is 31.4 Å². The average Bonchev–Trinajstić information content (AvgIpc) is 3.68. The van der Waals surface area contributed by atoms with Crippen LogP contribution in [0.1, 0.15) is 68.7 Å². The number of anilines is 1. The van der Waals surface area contributed by atoms with Gasteiger partial charge < -0.3 is 14.8 Å². The Morgan fingerprint density at radius 1 is 1.04 bits per heavy atom. The van der Waals surface area contributed by atoms with Crippen molar-refractivity contribution >= 4 is 33.5 Å². The van der Waals surface area contributed by atoms with Crippen LogP contribution in [0.15, 0.2) is 41.4 Å². The number of ether oxygens (including phenoxy) is 2. The maximum Gasteiger partial charge on any atom is 0.573 e. The van der Waals surface area contributed by atoms with E-state index in [0.29, 0.717) is 24.9 Å². The number of hydrogen-bond donors (Lipinski definition) is 1. The minimum absolute atomic E-state index is 0.0864. The van der Waals surface area contributed by atoms with Crippen LogP contribution in [0.3, 0.4) is 0 Å². The summed E-state index contributed by atoms with van der Waals surface area (Å²) < 4.78 is 76.1. The van der Waals surface area contributed by atoms with Crippen molar-refractivity contribution in [3.8, 4) is 5.75 Å². The molecular weight excluding hydrogens is 625 g/mol. The number of carbonyl (C=O) groups is 2. The van der Waals surface area contributed by atoms with Crippen molar-refractivity contribution in [3.63, 3.8) is 0 Å². The Labute approximate surface area is 267 Å². The zero-order chi connectivity index (χ0) is 33.9. The summed E-state index contributed by atoms with van der Waals surface area (Å²) in [4.78, 5) is 31.7. The van der Waals surface area contributed by atoms with Crippen molar-refractivity contribution in [2.45, 2.75) is 89.0 Å². The first-order valence-electron chi connectivity index (χ1n) is 15.1. The summed E-state index contributed by atoms with van der Waals surface area (Å²) in [6.45, 7) is 9.37.